The standard InChI is InChI=1S/C15H23NO2S/c1-3-4-5-6-7-8-13-16-19(17,18)15-11-9-14(2)10-12-15/h3,9-12,16H,1,4-8,13H2,2H3. The summed E-state index contributed by atoms with van der Waals surface area (Å²) in [4.78, 5) is 0.338. The Bertz CT molecular complexity index is 477. The van der Waals surface area contributed by atoms with Crippen molar-refractivity contribution in [2.24, 2.45) is 0 Å². The first-order chi connectivity index (χ1) is 9.06. The Labute approximate surface area is 116 Å². The van der Waals surface area contributed by atoms with Crippen LogP contribution in [0.1, 0.15) is 37.7 Å². The molecule has 1 aromatic carbocycles. The summed E-state index contributed by atoms with van der Waals surface area (Å²) in [5.74, 6) is 0. The SMILES string of the molecule is C=CCCCCCCNS(=O)(=O)c1ccc(C)cc1. The second kappa shape index (κ2) is 8.12. The maximum Gasteiger partial charge on any atom is 0.240 e. The third-order valence-electron chi connectivity index (χ3n) is 2.96. The molecule has 0 aliphatic carbocycles. The summed E-state index contributed by atoms with van der Waals surface area (Å²) in [6, 6.07) is 6.90. The van der Waals surface area contributed by atoms with E-state index >= 15 is 0 Å². The Balaban J connectivity index is 2.31. The van der Waals surface area contributed by atoms with Crippen molar-refractivity contribution in [1.82, 2.24) is 4.72 Å². The lowest BCUT2D eigenvalue weighted by Crippen LogP contribution is -2.24. The summed E-state index contributed by atoms with van der Waals surface area (Å²) in [5, 5.41) is 0. The minimum atomic E-state index is -3.34. The van der Waals surface area contributed by atoms with Gasteiger partial charge in [0.2, 0.25) is 10.0 Å². The van der Waals surface area contributed by atoms with E-state index in [0.717, 1.165) is 37.7 Å². The second-order valence-corrected chi connectivity index (χ2v) is 6.47. The Morgan fingerprint density at radius 2 is 1.74 bits per heavy atom. The molecule has 0 saturated heterocycles. The summed E-state index contributed by atoms with van der Waals surface area (Å²) in [6.45, 7) is 6.12. The van der Waals surface area contributed by atoms with Crippen LogP contribution in [0.15, 0.2) is 41.8 Å². The molecule has 0 aliphatic rings. The smallest absolute Gasteiger partial charge is 0.211 e. The number of aryl methyl sites for hydroxylation is 1. The number of unbranched alkanes of at least 4 members (excludes halogenated alkanes) is 4. The van der Waals surface area contributed by atoms with Crippen LogP contribution in [0.4, 0.5) is 0 Å². The zero-order valence-corrected chi connectivity index (χ0v) is 12.4. The molecule has 0 spiro atoms. The van der Waals surface area contributed by atoms with E-state index in [1.165, 1.54) is 0 Å². The number of rotatable bonds is 9. The predicted molar refractivity (Wildman–Crippen MR) is 79.6 cm³/mol. The van der Waals surface area contributed by atoms with Crippen LogP contribution in [0.5, 0.6) is 0 Å². The van der Waals surface area contributed by atoms with Crippen LogP contribution in [-0.4, -0.2) is 15.0 Å². The molecule has 0 unspecified atom stereocenters. The van der Waals surface area contributed by atoms with E-state index in [-0.39, 0.29) is 0 Å². The highest BCUT2D eigenvalue weighted by atomic mass is 32.2. The Morgan fingerprint density at radius 1 is 1.11 bits per heavy atom. The molecule has 0 bridgehead atoms. The molecule has 0 radical (unpaired) electrons. The third kappa shape index (κ3) is 6.03. The molecular formula is C15H23NO2S. The molecule has 0 aliphatic heterocycles. The van der Waals surface area contributed by atoms with Crippen molar-refractivity contribution in [2.45, 2.75) is 43.9 Å². The minimum Gasteiger partial charge on any atom is -0.211 e. The van der Waals surface area contributed by atoms with Crippen molar-refractivity contribution in [3.05, 3.63) is 42.5 Å². The highest BCUT2D eigenvalue weighted by Crippen LogP contribution is 2.10. The topological polar surface area (TPSA) is 46.2 Å². The van der Waals surface area contributed by atoms with Crippen LogP contribution < -0.4 is 4.72 Å². The molecule has 0 saturated carbocycles. The Kier molecular flexibility index (Phi) is 6.81. The quantitative estimate of drug-likeness (QED) is 0.557. The Morgan fingerprint density at radius 3 is 2.37 bits per heavy atom. The van der Waals surface area contributed by atoms with E-state index in [1.54, 1.807) is 12.1 Å². The fraction of sp³-hybridized carbons (Fsp3) is 0.467. The average Bonchev–Trinajstić information content (AvgIpc) is 2.38. The molecule has 0 aromatic heterocycles. The first-order valence-electron chi connectivity index (χ1n) is 6.73. The van der Waals surface area contributed by atoms with Crippen molar-refractivity contribution in [3.8, 4) is 0 Å². The molecule has 4 heteroatoms. The van der Waals surface area contributed by atoms with Gasteiger partial charge in [0.05, 0.1) is 4.90 Å². The lowest BCUT2D eigenvalue weighted by Gasteiger charge is -2.06. The zero-order valence-electron chi connectivity index (χ0n) is 11.6. The molecule has 1 N–H and O–H groups in total. The summed E-state index contributed by atoms with van der Waals surface area (Å²) in [5.41, 5.74) is 1.06. The van der Waals surface area contributed by atoms with Gasteiger partial charge in [0.1, 0.15) is 0 Å². The largest absolute Gasteiger partial charge is 0.240 e. The minimum absolute atomic E-state index is 0.338. The van der Waals surface area contributed by atoms with Gasteiger partial charge < -0.3 is 0 Å². The monoisotopic (exact) mass is 281 g/mol. The van der Waals surface area contributed by atoms with Gasteiger partial charge in [-0.2, -0.15) is 0 Å². The van der Waals surface area contributed by atoms with E-state index in [0.29, 0.717) is 11.4 Å². The van der Waals surface area contributed by atoms with Gasteiger partial charge in [-0.1, -0.05) is 36.6 Å². The normalized spacial score (nSPS) is 11.4. The van der Waals surface area contributed by atoms with Crippen LogP contribution in [0.3, 0.4) is 0 Å². The van der Waals surface area contributed by atoms with Gasteiger partial charge >= 0.3 is 0 Å². The van der Waals surface area contributed by atoms with Crippen molar-refractivity contribution in [3.63, 3.8) is 0 Å². The van der Waals surface area contributed by atoms with Gasteiger partial charge in [0, 0.05) is 6.54 Å². The number of nitrogens with one attached hydrogen (secondary N) is 1. The molecule has 0 amide bonds. The number of sulfonamides is 1. The highest BCUT2D eigenvalue weighted by molar-refractivity contribution is 7.89. The van der Waals surface area contributed by atoms with Crippen LogP contribution >= 0.6 is 0 Å². The van der Waals surface area contributed by atoms with Gasteiger partial charge in [-0.3, -0.25) is 0 Å². The van der Waals surface area contributed by atoms with Crippen LogP contribution in [0.2, 0.25) is 0 Å². The second-order valence-electron chi connectivity index (χ2n) is 4.70. The van der Waals surface area contributed by atoms with Crippen molar-refractivity contribution in [2.75, 3.05) is 6.54 Å². The predicted octanol–water partition coefficient (Wildman–Crippen LogP) is 3.41. The molecule has 3 nitrogen and oxygen atoms in total. The number of benzene rings is 1. The van der Waals surface area contributed by atoms with E-state index in [2.05, 4.69) is 11.3 Å². The molecule has 0 atom stereocenters. The van der Waals surface area contributed by atoms with Crippen LogP contribution in [0.25, 0.3) is 0 Å². The van der Waals surface area contributed by atoms with E-state index in [4.69, 9.17) is 0 Å². The van der Waals surface area contributed by atoms with E-state index in [1.807, 2.05) is 25.1 Å². The molecule has 0 heterocycles. The van der Waals surface area contributed by atoms with E-state index < -0.39 is 10.0 Å². The van der Waals surface area contributed by atoms with Crippen molar-refractivity contribution < 1.29 is 8.42 Å². The van der Waals surface area contributed by atoms with Crippen LogP contribution in [-0.2, 0) is 10.0 Å². The fourth-order valence-corrected chi connectivity index (χ4v) is 2.85. The zero-order chi connectivity index (χ0) is 14.1. The average molecular weight is 281 g/mol. The summed E-state index contributed by atoms with van der Waals surface area (Å²) >= 11 is 0. The van der Waals surface area contributed by atoms with Crippen molar-refractivity contribution in [1.29, 1.82) is 0 Å². The lowest BCUT2D eigenvalue weighted by molar-refractivity contribution is 0.572. The molecule has 0 fully saturated rings. The molecule has 106 valence electrons. The highest BCUT2D eigenvalue weighted by Gasteiger charge is 2.12. The fourth-order valence-electron chi connectivity index (χ4n) is 1.77. The summed E-state index contributed by atoms with van der Waals surface area (Å²) in [6.07, 6.45) is 7.13. The number of hydrogen-bond donors (Lipinski definition) is 1. The molecule has 1 aromatic rings. The first-order valence-corrected chi connectivity index (χ1v) is 8.22. The number of allylic oxidation sites excluding steroid dienone is 1. The van der Waals surface area contributed by atoms with Gasteiger partial charge in [-0.25, -0.2) is 13.1 Å². The maximum absolute atomic E-state index is 12.0. The Hall–Kier alpha value is -1.13. The van der Waals surface area contributed by atoms with Gasteiger partial charge in [-0.05, 0) is 38.3 Å². The van der Waals surface area contributed by atoms with Gasteiger partial charge in [0.15, 0.2) is 0 Å². The summed E-state index contributed by atoms with van der Waals surface area (Å²) < 4.78 is 26.5. The van der Waals surface area contributed by atoms with Crippen LogP contribution in [0, 0.1) is 6.92 Å². The van der Waals surface area contributed by atoms with Gasteiger partial charge in [0.25, 0.3) is 0 Å². The maximum atomic E-state index is 12.0. The lowest BCUT2D eigenvalue weighted by atomic mass is 10.1. The summed E-state index contributed by atoms with van der Waals surface area (Å²) in [7, 11) is -3.34. The van der Waals surface area contributed by atoms with Gasteiger partial charge in [-0.15, -0.1) is 6.58 Å². The van der Waals surface area contributed by atoms with E-state index in [9.17, 15) is 8.42 Å². The third-order valence-corrected chi connectivity index (χ3v) is 4.44. The number of hydrogen-bond acceptors (Lipinski definition) is 2. The first kappa shape index (κ1) is 15.9. The molecular weight excluding hydrogens is 258 g/mol. The van der Waals surface area contributed by atoms with Crippen molar-refractivity contribution >= 4 is 10.0 Å². The molecule has 1 rings (SSSR count). The molecule has 19 heavy (non-hydrogen) atoms.